The van der Waals surface area contributed by atoms with Crippen molar-refractivity contribution in [1.82, 2.24) is 15.4 Å². The first-order chi connectivity index (χ1) is 9.24. The lowest BCUT2D eigenvalue weighted by molar-refractivity contribution is 0.412. The summed E-state index contributed by atoms with van der Waals surface area (Å²) >= 11 is 3.47. The first kappa shape index (κ1) is 13.9. The predicted octanol–water partition coefficient (Wildman–Crippen LogP) is 1.99. The molecule has 0 spiro atoms. The van der Waals surface area contributed by atoms with Crippen LogP contribution in [0.15, 0.2) is 41.3 Å². The van der Waals surface area contributed by atoms with Gasteiger partial charge in [-0.1, -0.05) is 6.07 Å². The molecule has 2 rings (SSSR count). The zero-order valence-electron chi connectivity index (χ0n) is 10.5. The van der Waals surface area contributed by atoms with Gasteiger partial charge in [-0.15, -0.1) is 0 Å². The van der Waals surface area contributed by atoms with Crippen molar-refractivity contribution < 1.29 is 4.74 Å². The van der Waals surface area contributed by atoms with Gasteiger partial charge in [-0.3, -0.25) is 21.2 Å². The van der Waals surface area contributed by atoms with Crippen LogP contribution in [0.1, 0.15) is 17.3 Å². The summed E-state index contributed by atoms with van der Waals surface area (Å²) in [7, 11) is 1.64. The van der Waals surface area contributed by atoms with Crippen molar-refractivity contribution >= 4 is 15.9 Å². The van der Waals surface area contributed by atoms with Gasteiger partial charge in [-0.2, -0.15) is 0 Å². The van der Waals surface area contributed by atoms with Crippen LogP contribution in [0.3, 0.4) is 0 Å². The molecular formula is C13H15BrN4O. The minimum atomic E-state index is -0.0750. The summed E-state index contributed by atoms with van der Waals surface area (Å²) in [4.78, 5) is 8.31. The van der Waals surface area contributed by atoms with E-state index in [4.69, 9.17) is 10.6 Å². The van der Waals surface area contributed by atoms with Gasteiger partial charge in [0.25, 0.3) is 0 Å². The number of methoxy groups -OCH3 is 1. The van der Waals surface area contributed by atoms with E-state index in [0.29, 0.717) is 0 Å². The SMILES string of the molecule is COc1ccc(CC(NN)c2cnccn2)cc1Br. The second-order valence-electron chi connectivity index (χ2n) is 4.02. The fraction of sp³-hybridized carbons (Fsp3) is 0.231. The van der Waals surface area contributed by atoms with Gasteiger partial charge in [0.1, 0.15) is 5.75 Å². The Morgan fingerprint density at radius 1 is 1.42 bits per heavy atom. The summed E-state index contributed by atoms with van der Waals surface area (Å²) in [5.74, 6) is 6.40. The molecule has 1 atom stereocenters. The number of nitrogens with two attached hydrogens (primary N) is 1. The maximum Gasteiger partial charge on any atom is 0.133 e. The molecule has 3 N–H and O–H groups in total. The minimum Gasteiger partial charge on any atom is -0.496 e. The first-order valence-corrected chi connectivity index (χ1v) is 6.58. The van der Waals surface area contributed by atoms with Crippen LogP contribution in [0, 0.1) is 0 Å². The van der Waals surface area contributed by atoms with Crippen LogP contribution in [0.25, 0.3) is 0 Å². The molecule has 19 heavy (non-hydrogen) atoms. The minimum absolute atomic E-state index is 0.0750. The van der Waals surface area contributed by atoms with Crippen LogP contribution in [0.4, 0.5) is 0 Å². The number of nitrogens with one attached hydrogen (secondary N) is 1. The number of benzene rings is 1. The first-order valence-electron chi connectivity index (χ1n) is 5.79. The average Bonchev–Trinajstić information content (AvgIpc) is 2.46. The van der Waals surface area contributed by atoms with Crippen LogP contribution >= 0.6 is 15.9 Å². The quantitative estimate of drug-likeness (QED) is 0.650. The summed E-state index contributed by atoms with van der Waals surface area (Å²) in [5.41, 5.74) is 4.71. The molecule has 1 aromatic carbocycles. The van der Waals surface area contributed by atoms with Gasteiger partial charge in [0.05, 0.1) is 29.5 Å². The van der Waals surface area contributed by atoms with E-state index in [2.05, 4.69) is 31.3 Å². The van der Waals surface area contributed by atoms with Crippen molar-refractivity contribution in [2.24, 2.45) is 5.84 Å². The highest BCUT2D eigenvalue weighted by Gasteiger charge is 2.13. The summed E-state index contributed by atoms with van der Waals surface area (Å²) in [6, 6.07) is 5.86. The summed E-state index contributed by atoms with van der Waals surface area (Å²) < 4.78 is 6.13. The van der Waals surface area contributed by atoms with Crippen molar-refractivity contribution in [1.29, 1.82) is 0 Å². The maximum absolute atomic E-state index is 5.59. The lowest BCUT2D eigenvalue weighted by atomic mass is 10.0. The Morgan fingerprint density at radius 2 is 2.26 bits per heavy atom. The fourth-order valence-corrected chi connectivity index (χ4v) is 2.40. The number of aromatic nitrogens is 2. The van der Waals surface area contributed by atoms with Gasteiger partial charge >= 0.3 is 0 Å². The zero-order chi connectivity index (χ0) is 13.7. The maximum atomic E-state index is 5.59. The standard InChI is InChI=1S/C13H15BrN4O/c1-19-13-3-2-9(6-10(13)14)7-11(18-15)12-8-16-4-5-17-12/h2-6,8,11,18H,7,15H2,1H3. The molecule has 2 aromatic rings. The molecule has 6 heteroatoms. The highest BCUT2D eigenvalue weighted by Crippen LogP contribution is 2.27. The van der Waals surface area contributed by atoms with Crippen LogP contribution in [0.5, 0.6) is 5.75 Å². The number of hydrogen-bond donors (Lipinski definition) is 2. The van der Waals surface area contributed by atoms with E-state index in [1.165, 1.54) is 0 Å². The van der Waals surface area contributed by atoms with E-state index < -0.39 is 0 Å². The Balaban J connectivity index is 2.17. The van der Waals surface area contributed by atoms with Crippen LogP contribution in [-0.2, 0) is 6.42 Å². The van der Waals surface area contributed by atoms with Gasteiger partial charge < -0.3 is 4.74 Å². The molecule has 0 fully saturated rings. The van der Waals surface area contributed by atoms with Crippen LogP contribution in [0.2, 0.25) is 0 Å². The largest absolute Gasteiger partial charge is 0.496 e. The van der Waals surface area contributed by atoms with Crippen molar-refractivity contribution in [3.8, 4) is 5.75 Å². The van der Waals surface area contributed by atoms with Crippen molar-refractivity contribution in [3.05, 3.63) is 52.5 Å². The van der Waals surface area contributed by atoms with Crippen molar-refractivity contribution in [2.45, 2.75) is 12.5 Å². The molecule has 0 amide bonds. The van der Waals surface area contributed by atoms with Crippen molar-refractivity contribution in [2.75, 3.05) is 7.11 Å². The van der Waals surface area contributed by atoms with E-state index in [1.807, 2.05) is 18.2 Å². The second-order valence-corrected chi connectivity index (χ2v) is 4.88. The zero-order valence-corrected chi connectivity index (χ0v) is 12.1. The lowest BCUT2D eigenvalue weighted by Gasteiger charge is -2.15. The number of rotatable bonds is 5. The van der Waals surface area contributed by atoms with E-state index in [9.17, 15) is 0 Å². The number of halogens is 1. The predicted molar refractivity (Wildman–Crippen MR) is 76.5 cm³/mol. The van der Waals surface area contributed by atoms with E-state index in [-0.39, 0.29) is 6.04 Å². The van der Waals surface area contributed by atoms with Crippen LogP contribution in [-0.4, -0.2) is 17.1 Å². The Morgan fingerprint density at radius 3 is 2.84 bits per heavy atom. The van der Waals surface area contributed by atoms with Crippen LogP contribution < -0.4 is 16.0 Å². The molecule has 100 valence electrons. The number of hydrazine groups is 1. The molecule has 0 saturated heterocycles. The molecule has 1 aromatic heterocycles. The fourth-order valence-electron chi connectivity index (χ4n) is 1.81. The summed E-state index contributed by atoms with van der Waals surface area (Å²) in [6.45, 7) is 0. The molecule has 5 nitrogen and oxygen atoms in total. The Hall–Kier alpha value is -1.50. The van der Waals surface area contributed by atoms with Gasteiger partial charge in [-0.25, -0.2) is 0 Å². The third-order valence-corrected chi connectivity index (χ3v) is 3.42. The average molecular weight is 323 g/mol. The van der Waals surface area contributed by atoms with E-state index >= 15 is 0 Å². The number of hydrogen-bond acceptors (Lipinski definition) is 5. The van der Waals surface area contributed by atoms with Crippen molar-refractivity contribution in [3.63, 3.8) is 0 Å². The smallest absolute Gasteiger partial charge is 0.133 e. The molecule has 0 radical (unpaired) electrons. The molecule has 0 aliphatic carbocycles. The summed E-state index contributed by atoms with van der Waals surface area (Å²) in [5, 5.41) is 0. The van der Waals surface area contributed by atoms with Gasteiger partial charge in [-0.05, 0) is 40.0 Å². The number of ether oxygens (including phenoxy) is 1. The molecule has 0 aliphatic rings. The van der Waals surface area contributed by atoms with E-state index in [0.717, 1.165) is 27.9 Å². The number of nitrogens with zero attached hydrogens (tertiary/aromatic N) is 2. The molecule has 0 aliphatic heterocycles. The van der Waals surface area contributed by atoms with E-state index in [1.54, 1.807) is 25.7 Å². The molecule has 1 unspecified atom stereocenters. The molecule has 0 saturated carbocycles. The Labute approximate surface area is 120 Å². The van der Waals surface area contributed by atoms with Gasteiger partial charge in [0, 0.05) is 12.4 Å². The van der Waals surface area contributed by atoms with Gasteiger partial charge in [0.15, 0.2) is 0 Å². The lowest BCUT2D eigenvalue weighted by Crippen LogP contribution is -2.30. The Kier molecular flexibility index (Phi) is 4.84. The molecule has 1 heterocycles. The topological polar surface area (TPSA) is 73.1 Å². The van der Waals surface area contributed by atoms with Gasteiger partial charge in [0.2, 0.25) is 0 Å². The normalized spacial score (nSPS) is 12.2. The highest BCUT2D eigenvalue weighted by molar-refractivity contribution is 9.10. The summed E-state index contributed by atoms with van der Waals surface area (Å²) in [6.07, 6.45) is 5.73. The molecule has 0 bridgehead atoms. The third-order valence-electron chi connectivity index (χ3n) is 2.80. The molecular weight excluding hydrogens is 308 g/mol. The highest BCUT2D eigenvalue weighted by atomic mass is 79.9. The second kappa shape index (κ2) is 6.60. The monoisotopic (exact) mass is 322 g/mol. The Bertz CT molecular complexity index is 535. The third kappa shape index (κ3) is 3.50.